The Kier molecular flexibility index (Phi) is 4.63. The van der Waals surface area contributed by atoms with Gasteiger partial charge in [0.05, 0.1) is 17.0 Å². The van der Waals surface area contributed by atoms with E-state index in [0.717, 1.165) is 4.90 Å². The van der Waals surface area contributed by atoms with Crippen molar-refractivity contribution in [3.05, 3.63) is 35.1 Å². The maximum absolute atomic E-state index is 13.8. The Morgan fingerprint density at radius 1 is 1.30 bits per heavy atom. The van der Waals surface area contributed by atoms with Gasteiger partial charge in [0, 0.05) is 12.6 Å². The van der Waals surface area contributed by atoms with E-state index in [4.69, 9.17) is 5.11 Å². The van der Waals surface area contributed by atoms with Crippen LogP contribution < -0.4 is 0 Å². The predicted octanol–water partition coefficient (Wildman–Crippen LogP) is 3.17. The first kappa shape index (κ1) is 17.2. The van der Waals surface area contributed by atoms with E-state index in [1.54, 1.807) is 0 Å². The Morgan fingerprint density at radius 3 is 2.52 bits per heavy atom. The SMILES string of the molecule is C[C@@H]1[C@H](C(=O)O)CCCN1C(=O)c1cc(C(F)(F)F)ccc1F. The molecule has 0 radical (unpaired) electrons. The van der Waals surface area contributed by atoms with Crippen LogP contribution in [0, 0.1) is 11.7 Å². The van der Waals surface area contributed by atoms with Crippen molar-refractivity contribution in [2.24, 2.45) is 5.92 Å². The summed E-state index contributed by atoms with van der Waals surface area (Å²) in [6.45, 7) is 1.68. The smallest absolute Gasteiger partial charge is 0.416 e. The lowest BCUT2D eigenvalue weighted by Crippen LogP contribution is -2.49. The molecule has 0 aromatic heterocycles. The summed E-state index contributed by atoms with van der Waals surface area (Å²) in [6, 6.07) is 0.905. The molecule has 1 saturated heterocycles. The molecule has 1 fully saturated rings. The minimum Gasteiger partial charge on any atom is -0.481 e. The quantitative estimate of drug-likeness (QED) is 0.846. The lowest BCUT2D eigenvalue weighted by Gasteiger charge is -2.37. The van der Waals surface area contributed by atoms with Crippen LogP contribution in [0.25, 0.3) is 0 Å². The minimum absolute atomic E-state index is 0.180. The molecule has 0 unspecified atom stereocenters. The van der Waals surface area contributed by atoms with Gasteiger partial charge in [0.2, 0.25) is 0 Å². The molecule has 4 nitrogen and oxygen atoms in total. The normalized spacial score (nSPS) is 22.0. The van der Waals surface area contributed by atoms with E-state index in [-0.39, 0.29) is 6.54 Å². The minimum atomic E-state index is -4.69. The highest BCUT2D eigenvalue weighted by atomic mass is 19.4. The number of alkyl halides is 3. The maximum atomic E-state index is 13.8. The summed E-state index contributed by atoms with van der Waals surface area (Å²) in [4.78, 5) is 24.7. The molecule has 2 rings (SSSR count). The second-order valence-corrected chi connectivity index (χ2v) is 5.52. The molecule has 8 heteroatoms. The fourth-order valence-electron chi connectivity index (χ4n) is 2.78. The first-order chi connectivity index (χ1) is 10.6. The summed E-state index contributed by atoms with van der Waals surface area (Å²) >= 11 is 0. The van der Waals surface area contributed by atoms with Gasteiger partial charge < -0.3 is 10.0 Å². The summed E-state index contributed by atoms with van der Waals surface area (Å²) < 4.78 is 52.0. The number of hydrogen-bond donors (Lipinski definition) is 1. The average Bonchev–Trinajstić information content (AvgIpc) is 2.45. The molecule has 1 aliphatic rings. The number of nitrogens with zero attached hydrogens (tertiary/aromatic N) is 1. The topological polar surface area (TPSA) is 57.6 Å². The van der Waals surface area contributed by atoms with Crippen LogP contribution in [0.3, 0.4) is 0 Å². The van der Waals surface area contributed by atoms with Crippen LogP contribution in [-0.2, 0) is 11.0 Å². The number of halogens is 4. The van der Waals surface area contributed by atoms with Crippen LogP contribution in [-0.4, -0.2) is 34.5 Å². The molecule has 1 aromatic carbocycles. The highest BCUT2D eigenvalue weighted by molar-refractivity contribution is 5.95. The van der Waals surface area contributed by atoms with Crippen molar-refractivity contribution in [1.29, 1.82) is 0 Å². The van der Waals surface area contributed by atoms with Crippen LogP contribution in [0.5, 0.6) is 0 Å². The molecule has 0 bridgehead atoms. The van der Waals surface area contributed by atoms with E-state index in [9.17, 15) is 27.2 Å². The van der Waals surface area contributed by atoms with Gasteiger partial charge in [-0.3, -0.25) is 9.59 Å². The van der Waals surface area contributed by atoms with Crippen molar-refractivity contribution >= 4 is 11.9 Å². The van der Waals surface area contributed by atoms with Crippen LogP contribution in [0.15, 0.2) is 18.2 Å². The third-order valence-corrected chi connectivity index (χ3v) is 4.09. The summed E-state index contributed by atoms with van der Waals surface area (Å²) in [5.41, 5.74) is -1.82. The molecule has 0 spiro atoms. The zero-order chi connectivity index (χ0) is 17.4. The summed E-state index contributed by atoms with van der Waals surface area (Å²) in [5, 5.41) is 9.12. The van der Waals surface area contributed by atoms with Crippen molar-refractivity contribution in [2.45, 2.75) is 32.0 Å². The van der Waals surface area contributed by atoms with E-state index in [2.05, 4.69) is 0 Å². The van der Waals surface area contributed by atoms with Crippen LogP contribution in [0.4, 0.5) is 17.6 Å². The fraction of sp³-hybridized carbons (Fsp3) is 0.467. The molecule has 1 N–H and O–H groups in total. The van der Waals surface area contributed by atoms with Gasteiger partial charge in [-0.2, -0.15) is 13.2 Å². The Morgan fingerprint density at radius 2 is 1.96 bits per heavy atom. The highest BCUT2D eigenvalue weighted by Crippen LogP contribution is 2.32. The van der Waals surface area contributed by atoms with Crippen molar-refractivity contribution in [3.8, 4) is 0 Å². The number of carboxylic acids is 1. The Hall–Kier alpha value is -2.12. The Labute approximate surface area is 129 Å². The van der Waals surface area contributed by atoms with E-state index >= 15 is 0 Å². The largest absolute Gasteiger partial charge is 0.481 e. The fourth-order valence-corrected chi connectivity index (χ4v) is 2.78. The van der Waals surface area contributed by atoms with Crippen molar-refractivity contribution in [2.75, 3.05) is 6.54 Å². The van der Waals surface area contributed by atoms with Gasteiger partial charge in [0.15, 0.2) is 0 Å². The number of carbonyl (C=O) groups excluding carboxylic acids is 1. The number of rotatable bonds is 2. The number of carboxylic acid groups (broad SMARTS) is 1. The van der Waals surface area contributed by atoms with Gasteiger partial charge >= 0.3 is 12.1 Å². The zero-order valence-electron chi connectivity index (χ0n) is 12.2. The molecule has 0 aliphatic carbocycles. The number of carbonyl (C=O) groups is 2. The number of piperidine rings is 1. The molecular formula is C15H15F4NO3. The van der Waals surface area contributed by atoms with Gasteiger partial charge in [-0.15, -0.1) is 0 Å². The van der Waals surface area contributed by atoms with E-state index in [1.165, 1.54) is 6.92 Å². The lowest BCUT2D eigenvalue weighted by atomic mass is 9.89. The zero-order valence-corrected chi connectivity index (χ0v) is 12.2. The van der Waals surface area contributed by atoms with Gasteiger partial charge in [0.25, 0.3) is 5.91 Å². The summed E-state index contributed by atoms with van der Waals surface area (Å²) in [6.07, 6.45) is -3.93. The number of aliphatic carboxylic acids is 1. The molecule has 1 amide bonds. The lowest BCUT2D eigenvalue weighted by molar-refractivity contribution is -0.145. The third kappa shape index (κ3) is 3.46. The number of likely N-dealkylation sites (tertiary alicyclic amines) is 1. The maximum Gasteiger partial charge on any atom is 0.416 e. The molecule has 0 saturated carbocycles. The van der Waals surface area contributed by atoms with Crippen molar-refractivity contribution in [1.82, 2.24) is 4.90 Å². The molecule has 126 valence electrons. The second kappa shape index (κ2) is 6.17. The third-order valence-electron chi connectivity index (χ3n) is 4.09. The molecular weight excluding hydrogens is 318 g/mol. The first-order valence-corrected chi connectivity index (χ1v) is 7.03. The molecule has 1 heterocycles. The molecule has 2 atom stereocenters. The first-order valence-electron chi connectivity index (χ1n) is 7.03. The molecule has 1 aliphatic heterocycles. The van der Waals surface area contributed by atoms with E-state index in [0.29, 0.717) is 31.0 Å². The predicted molar refractivity (Wildman–Crippen MR) is 72.3 cm³/mol. The average molecular weight is 333 g/mol. The van der Waals surface area contributed by atoms with E-state index < -0.39 is 47.0 Å². The second-order valence-electron chi connectivity index (χ2n) is 5.52. The Balaban J connectivity index is 2.34. The molecule has 23 heavy (non-hydrogen) atoms. The van der Waals surface area contributed by atoms with Crippen LogP contribution >= 0.6 is 0 Å². The van der Waals surface area contributed by atoms with Crippen LogP contribution in [0.1, 0.15) is 35.7 Å². The number of benzene rings is 1. The Bertz CT molecular complexity index is 630. The number of hydrogen-bond acceptors (Lipinski definition) is 2. The molecule has 1 aromatic rings. The van der Waals surface area contributed by atoms with Gasteiger partial charge in [-0.25, -0.2) is 4.39 Å². The standard InChI is InChI=1S/C15H15F4NO3/c1-8-10(14(22)23)3-2-6-20(8)13(21)11-7-9(15(17,18)19)4-5-12(11)16/h4-5,7-8,10H,2-3,6H2,1H3,(H,22,23)/t8-,10-/m1/s1. The van der Waals surface area contributed by atoms with Crippen molar-refractivity contribution < 1.29 is 32.3 Å². The van der Waals surface area contributed by atoms with Gasteiger partial charge in [0.1, 0.15) is 5.82 Å². The monoisotopic (exact) mass is 333 g/mol. The number of amides is 1. The summed E-state index contributed by atoms with van der Waals surface area (Å²) in [7, 11) is 0. The summed E-state index contributed by atoms with van der Waals surface area (Å²) in [5.74, 6) is -3.89. The van der Waals surface area contributed by atoms with Crippen LogP contribution in [0.2, 0.25) is 0 Å². The van der Waals surface area contributed by atoms with E-state index in [1.807, 2.05) is 0 Å². The van der Waals surface area contributed by atoms with Gasteiger partial charge in [-0.05, 0) is 38.0 Å². The van der Waals surface area contributed by atoms with Crippen molar-refractivity contribution in [3.63, 3.8) is 0 Å². The highest BCUT2D eigenvalue weighted by Gasteiger charge is 2.37. The van der Waals surface area contributed by atoms with Gasteiger partial charge in [-0.1, -0.05) is 0 Å².